The van der Waals surface area contributed by atoms with Crippen LogP contribution in [-0.2, 0) is 0 Å². The lowest BCUT2D eigenvalue weighted by molar-refractivity contribution is 0.290. The fraction of sp³-hybridized carbons (Fsp3) is 1.00. The Morgan fingerprint density at radius 2 is 1.83 bits per heavy atom. The van der Waals surface area contributed by atoms with Crippen LogP contribution in [0.1, 0.15) is 59.8 Å². The zero-order valence-electron chi connectivity index (χ0n) is 9.19. The Morgan fingerprint density at radius 1 is 1.25 bits per heavy atom. The molecule has 0 heterocycles. The lowest BCUT2D eigenvalue weighted by Gasteiger charge is -2.24. The van der Waals surface area contributed by atoms with Gasteiger partial charge in [0.25, 0.3) is 0 Å². The van der Waals surface area contributed by atoms with E-state index in [1.807, 2.05) is 0 Å². The fourth-order valence-electron chi connectivity index (χ4n) is 1.70. The molecule has 0 aliphatic rings. The van der Waals surface area contributed by atoms with Gasteiger partial charge in [-0.3, -0.25) is 0 Å². The highest BCUT2D eigenvalue weighted by molar-refractivity contribution is 4.68. The first kappa shape index (κ1) is 12.0. The molecular weight excluding hydrogens is 146 g/mol. The monoisotopic (exact) mass is 171 g/mol. The van der Waals surface area contributed by atoms with Crippen molar-refractivity contribution in [2.24, 2.45) is 11.1 Å². The highest BCUT2D eigenvalue weighted by atomic mass is 14.6. The first-order valence-corrected chi connectivity index (χ1v) is 5.23. The van der Waals surface area contributed by atoms with Crippen LogP contribution < -0.4 is 5.73 Å². The molecule has 0 saturated heterocycles. The molecule has 0 aromatic carbocycles. The third-order valence-electron chi connectivity index (χ3n) is 2.44. The molecule has 0 aromatic heterocycles. The van der Waals surface area contributed by atoms with Gasteiger partial charge in [0, 0.05) is 6.04 Å². The quantitative estimate of drug-likeness (QED) is 0.652. The summed E-state index contributed by atoms with van der Waals surface area (Å²) in [5.74, 6) is 0. The lowest BCUT2D eigenvalue weighted by atomic mass is 9.82. The standard InChI is InChI=1S/C11H25N/c1-5-8-11(3,4)9-6-7-10(2)12/h10H,5-9,12H2,1-4H3. The largest absolute Gasteiger partial charge is 0.328 e. The van der Waals surface area contributed by atoms with Crippen LogP contribution in [0.15, 0.2) is 0 Å². The minimum atomic E-state index is 0.377. The highest BCUT2D eigenvalue weighted by Crippen LogP contribution is 2.28. The summed E-state index contributed by atoms with van der Waals surface area (Å²) in [7, 11) is 0. The first-order valence-electron chi connectivity index (χ1n) is 5.23. The highest BCUT2D eigenvalue weighted by Gasteiger charge is 2.15. The number of rotatable bonds is 6. The Morgan fingerprint density at radius 3 is 2.25 bits per heavy atom. The van der Waals surface area contributed by atoms with Crippen LogP contribution in [-0.4, -0.2) is 6.04 Å². The number of nitrogens with two attached hydrogens (primary N) is 1. The zero-order chi connectivity index (χ0) is 9.61. The zero-order valence-corrected chi connectivity index (χ0v) is 9.19. The second kappa shape index (κ2) is 5.58. The van der Waals surface area contributed by atoms with Crippen LogP contribution >= 0.6 is 0 Å². The molecule has 2 N–H and O–H groups in total. The Balaban J connectivity index is 3.46. The summed E-state index contributed by atoms with van der Waals surface area (Å²) in [6.45, 7) is 9.06. The van der Waals surface area contributed by atoms with Crippen molar-refractivity contribution in [1.29, 1.82) is 0 Å². The van der Waals surface area contributed by atoms with Gasteiger partial charge in [-0.2, -0.15) is 0 Å². The molecule has 0 aromatic rings. The predicted octanol–water partition coefficient (Wildman–Crippen LogP) is 3.33. The maximum Gasteiger partial charge on any atom is 0.00104 e. The van der Waals surface area contributed by atoms with Gasteiger partial charge in [-0.15, -0.1) is 0 Å². The summed E-state index contributed by atoms with van der Waals surface area (Å²) >= 11 is 0. The summed E-state index contributed by atoms with van der Waals surface area (Å²) in [5, 5.41) is 0. The van der Waals surface area contributed by atoms with Gasteiger partial charge >= 0.3 is 0 Å². The van der Waals surface area contributed by atoms with Gasteiger partial charge in [0.1, 0.15) is 0 Å². The van der Waals surface area contributed by atoms with Crippen LogP contribution in [0.3, 0.4) is 0 Å². The van der Waals surface area contributed by atoms with E-state index in [1.165, 1.54) is 32.1 Å². The normalized spacial score (nSPS) is 14.8. The molecule has 12 heavy (non-hydrogen) atoms. The molecule has 1 heteroatoms. The smallest absolute Gasteiger partial charge is 0.00104 e. The van der Waals surface area contributed by atoms with Crippen LogP contribution in [0.2, 0.25) is 0 Å². The number of hydrogen-bond acceptors (Lipinski definition) is 1. The molecule has 74 valence electrons. The van der Waals surface area contributed by atoms with Gasteiger partial charge in [0.05, 0.1) is 0 Å². The molecule has 0 amide bonds. The maximum atomic E-state index is 5.70. The third kappa shape index (κ3) is 6.66. The molecule has 0 radical (unpaired) electrons. The van der Waals surface area contributed by atoms with Gasteiger partial charge in [-0.1, -0.05) is 33.6 Å². The van der Waals surface area contributed by atoms with Gasteiger partial charge in [0.15, 0.2) is 0 Å². The van der Waals surface area contributed by atoms with Crippen molar-refractivity contribution in [2.45, 2.75) is 65.8 Å². The van der Waals surface area contributed by atoms with Crippen LogP contribution in [0, 0.1) is 5.41 Å². The maximum absolute atomic E-state index is 5.70. The van der Waals surface area contributed by atoms with E-state index >= 15 is 0 Å². The van der Waals surface area contributed by atoms with Gasteiger partial charge in [-0.25, -0.2) is 0 Å². The molecule has 0 rings (SSSR count). The fourth-order valence-corrected chi connectivity index (χ4v) is 1.70. The van der Waals surface area contributed by atoms with Crippen molar-refractivity contribution in [3.63, 3.8) is 0 Å². The Kier molecular flexibility index (Phi) is 5.56. The Bertz CT molecular complexity index is 106. The molecule has 0 aliphatic heterocycles. The molecule has 1 nitrogen and oxygen atoms in total. The molecule has 0 bridgehead atoms. The van der Waals surface area contributed by atoms with Crippen molar-refractivity contribution in [2.75, 3.05) is 0 Å². The molecule has 0 fully saturated rings. The van der Waals surface area contributed by atoms with E-state index in [-0.39, 0.29) is 0 Å². The van der Waals surface area contributed by atoms with E-state index in [0.29, 0.717) is 11.5 Å². The summed E-state index contributed by atoms with van der Waals surface area (Å²) in [6, 6.07) is 0.377. The van der Waals surface area contributed by atoms with E-state index in [2.05, 4.69) is 27.7 Å². The van der Waals surface area contributed by atoms with Crippen molar-refractivity contribution < 1.29 is 0 Å². The second-order valence-corrected chi connectivity index (χ2v) is 4.78. The average Bonchev–Trinajstić information content (AvgIpc) is 1.85. The first-order chi connectivity index (χ1) is 5.48. The Labute approximate surface area is 77.7 Å². The molecule has 0 saturated carbocycles. The molecular formula is C11H25N. The summed E-state index contributed by atoms with van der Waals surface area (Å²) < 4.78 is 0. The third-order valence-corrected chi connectivity index (χ3v) is 2.44. The average molecular weight is 171 g/mol. The van der Waals surface area contributed by atoms with Crippen LogP contribution in [0.5, 0.6) is 0 Å². The predicted molar refractivity (Wildman–Crippen MR) is 56.2 cm³/mol. The van der Waals surface area contributed by atoms with Gasteiger partial charge in [-0.05, 0) is 31.6 Å². The van der Waals surface area contributed by atoms with E-state index in [0.717, 1.165) is 0 Å². The number of hydrogen-bond donors (Lipinski definition) is 1. The molecule has 1 atom stereocenters. The summed E-state index contributed by atoms with van der Waals surface area (Å²) in [4.78, 5) is 0. The van der Waals surface area contributed by atoms with Crippen molar-refractivity contribution >= 4 is 0 Å². The molecule has 1 unspecified atom stereocenters. The minimum absolute atomic E-state index is 0.377. The van der Waals surface area contributed by atoms with Crippen molar-refractivity contribution in [3.8, 4) is 0 Å². The lowest BCUT2D eigenvalue weighted by Crippen LogP contribution is -2.17. The minimum Gasteiger partial charge on any atom is -0.328 e. The summed E-state index contributed by atoms with van der Waals surface area (Å²) in [5.41, 5.74) is 6.23. The second-order valence-electron chi connectivity index (χ2n) is 4.78. The van der Waals surface area contributed by atoms with E-state index in [1.54, 1.807) is 0 Å². The van der Waals surface area contributed by atoms with Crippen molar-refractivity contribution in [1.82, 2.24) is 0 Å². The van der Waals surface area contributed by atoms with Gasteiger partial charge in [0.2, 0.25) is 0 Å². The Hall–Kier alpha value is -0.0400. The van der Waals surface area contributed by atoms with Crippen LogP contribution in [0.25, 0.3) is 0 Å². The summed E-state index contributed by atoms with van der Waals surface area (Å²) in [6.07, 6.45) is 6.41. The van der Waals surface area contributed by atoms with Crippen molar-refractivity contribution in [3.05, 3.63) is 0 Å². The SMILES string of the molecule is CCCC(C)(C)CCCC(C)N. The topological polar surface area (TPSA) is 26.0 Å². The molecule has 0 aliphatic carbocycles. The van der Waals surface area contributed by atoms with E-state index in [9.17, 15) is 0 Å². The van der Waals surface area contributed by atoms with E-state index in [4.69, 9.17) is 5.73 Å². The molecule has 0 spiro atoms. The van der Waals surface area contributed by atoms with Crippen LogP contribution in [0.4, 0.5) is 0 Å². The van der Waals surface area contributed by atoms with E-state index < -0.39 is 0 Å². The van der Waals surface area contributed by atoms with Gasteiger partial charge < -0.3 is 5.73 Å².